The molecule has 1 aliphatic heterocycles. The van der Waals surface area contributed by atoms with Crippen LogP contribution >= 0.6 is 0 Å². The third-order valence-corrected chi connectivity index (χ3v) is 4.86. The van der Waals surface area contributed by atoms with Crippen LogP contribution in [0.3, 0.4) is 0 Å². The zero-order chi connectivity index (χ0) is 19.3. The van der Waals surface area contributed by atoms with E-state index in [1.54, 1.807) is 42.5 Å². The molecule has 1 fully saturated rings. The minimum Gasteiger partial charge on any atom is -0.377 e. The van der Waals surface area contributed by atoms with E-state index in [4.69, 9.17) is 4.74 Å². The van der Waals surface area contributed by atoms with Gasteiger partial charge in [-0.15, -0.1) is 0 Å². The second-order valence-corrected chi connectivity index (χ2v) is 6.73. The molecule has 1 saturated heterocycles. The number of methoxy groups -OCH3 is 1. The van der Waals surface area contributed by atoms with Gasteiger partial charge in [-0.2, -0.15) is 5.10 Å². The van der Waals surface area contributed by atoms with E-state index < -0.39 is 0 Å². The lowest BCUT2D eigenvalue weighted by Gasteiger charge is -2.26. The van der Waals surface area contributed by atoms with Crippen LogP contribution < -0.4 is 10.5 Å². The standard InChI is InChI=1S/C20H22N6O2/c1-28-14-18-22-11-8-19(23-18)25-12-2-3-16(25)13-26-20(27)5-4-17(24-26)15-6-9-21-10-7-15/h4-11,16H,2-3,12-14H2,1H3. The molecule has 0 saturated carbocycles. The number of ether oxygens (including phenoxy) is 1. The summed E-state index contributed by atoms with van der Waals surface area (Å²) in [6.07, 6.45) is 7.22. The van der Waals surface area contributed by atoms with E-state index in [0.717, 1.165) is 36.5 Å². The number of anilines is 1. The second kappa shape index (κ2) is 8.26. The van der Waals surface area contributed by atoms with Gasteiger partial charge in [-0.1, -0.05) is 0 Å². The maximum atomic E-state index is 12.4. The van der Waals surface area contributed by atoms with Gasteiger partial charge in [0.25, 0.3) is 5.56 Å². The highest BCUT2D eigenvalue weighted by atomic mass is 16.5. The van der Waals surface area contributed by atoms with E-state index in [1.807, 2.05) is 18.2 Å². The number of rotatable bonds is 6. The Hall–Kier alpha value is -3.13. The van der Waals surface area contributed by atoms with Crippen molar-refractivity contribution in [3.63, 3.8) is 0 Å². The molecule has 3 aromatic rings. The quantitative estimate of drug-likeness (QED) is 0.648. The van der Waals surface area contributed by atoms with Gasteiger partial charge < -0.3 is 9.64 Å². The molecular weight excluding hydrogens is 356 g/mol. The summed E-state index contributed by atoms with van der Waals surface area (Å²) in [7, 11) is 1.63. The number of pyridine rings is 1. The molecule has 0 amide bonds. The minimum absolute atomic E-state index is 0.104. The van der Waals surface area contributed by atoms with Crippen molar-refractivity contribution in [2.24, 2.45) is 0 Å². The molecule has 1 unspecified atom stereocenters. The normalized spacial score (nSPS) is 16.5. The van der Waals surface area contributed by atoms with Gasteiger partial charge in [-0.3, -0.25) is 9.78 Å². The van der Waals surface area contributed by atoms with E-state index in [9.17, 15) is 4.79 Å². The Morgan fingerprint density at radius 3 is 2.82 bits per heavy atom. The van der Waals surface area contributed by atoms with Crippen LogP contribution in [0.4, 0.5) is 5.82 Å². The molecule has 8 heteroatoms. The van der Waals surface area contributed by atoms with E-state index >= 15 is 0 Å². The third-order valence-electron chi connectivity index (χ3n) is 4.86. The Balaban J connectivity index is 1.58. The Morgan fingerprint density at radius 2 is 2.00 bits per heavy atom. The highest BCUT2D eigenvalue weighted by Gasteiger charge is 2.27. The van der Waals surface area contributed by atoms with Crippen molar-refractivity contribution in [3.8, 4) is 11.3 Å². The van der Waals surface area contributed by atoms with Crippen molar-refractivity contribution in [1.29, 1.82) is 0 Å². The van der Waals surface area contributed by atoms with Crippen molar-refractivity contribution < 1.29 is 4.74 Å². The monoisotopic (exact) mass is 378 g/mol. The molecule has 3 aromatic heterocycles. The van der Waals surface area contributed by atoms with Crippen LogP contribution in [0.1, 0.15) is 18.7 Å². The van der Waals surface area contributed by atoms with Gasteiger partial charge in [0.05, 0.1) is 18.3 Å². The Bertz CT molecular complexity index is 991. The van der Waals surface area contributed by atoms with Gasteiger partial charge in [-0.25, -0.2) is 14.6 Å². The molecule has 28 heavy (non-hydrogen) atoms. The average molecular weight is 378 g/mol. The van der Waals surface area contributed by atoms with Crippen molar-refractivity contribution >= 4 is 5.82 Å². The van der Waals surface area contributed by atoms with Crippen LogP contribution in [0, 0.1) is 0 Å². The highest BCUT2D eigenvalue weighted by molar-refractivity contribution is 5.57. The Morgan fingerprint density at radius 1 is 1.14 bits per heavy atom. The van der Waals surface area contributed by atoms with Crippen molar-refractivity contribution in [3.05, 3.63) is 65.1 Å². The van der Waals surface area contributed by atoms with Crippen LogP contribution in [-0.4, -0.2) is 44.4 Å². The van der Waals surface area contributed by atoms with E-state index in [2.05, 4.69) is 25.0 Å². The van der Waals surface area contributed by atoms with Crippen LogP contribution in [0.5, 0.6) is 0 Å². The zero-order valence-corrected chi connectivity index (χ0v) is 15.7. The molecule has 0 bridgehead atoms. The lowest BCUT2D eigenvalue weighted by atomic mass is 10.2. The molecule has 0 aromatic carbocycles. The molecule has 0 spiro atoms. The first-order valence-corrected chi connectivity index (χ1v) is 9.30. The first kappa shape index (κ1) is 18.2. The van der Waals surface area contributed by atoms with E-state index in [0.29, 0.717) is 19.0 Å². The molecule has 1 aliphatic rings. The second-order valence-electron chi connectivity index (χ2n) is 6.73. The molecule has 1 atom stereocenters. The van der Waals surface area contributed by atoms with Gasteiger partial charge in [0.15, 0.2) is 5.82 Å². The summed E-state index contributed by atoms with van der Waals surface area (Å²) in [6.45, 7) is 1.79. The molecular formula is C20H22N6O2. The van der Waals surface area contributed by atoms with Gasteiger partial charge in [0, 0.05) is 43.9 Å². The van der Waals surface area contributed by atoms with Crippen LogP contribution in [0.2, 0.25) is 0 Å². The fourth-order valence-corrected chi connectivity index (χ4v) is 3.53. The highest BCUT2D eigenvalue weighted by Crippen LogP contribution is 2.24. The summed E-state index contributed by atoms with van der Waals surface area (Å²) in [6, 6.07) is 9.16. The summed E-state index contributed by atoms with van der Waals surface area (Å²) in [5.41, 5.74) is 1.59. The summed E-state index contributed by atoms with van der Waals surface area (Å²) < 4.78 is 6.69. The van der Waals surface area contributed by atoms with Crippen LogP contribution in [0.25, 0.3) is 11.3 Å². The molecule has 8 nitrogen and oxygen atoms in total. The summed E-state index contributed by atoms with van der Waals surface area (Å²) >= 11 is 0. The van der Waals surface area contributed by atoms with Gasteiger partial charge in [0.1, 0.15) is 12.4 Å². The molecule has 0 radical (unpaired) electrons. The van der Waals surface area contributed by atoms with E-state index in [1.165, 1.54) is 0 Å². The largest absolute Gasteiger partial charge is 0.377 e. The fourth-order valence-electron chi connectivity index (χ4n) is 3.53. The maximum absolute atomic E-state index is 12.4. The van der Waals surface area contributed by atoms with Crippen molar-refractivity contribution in [2.75, 3.05) is 18.6 Å². The third kappa shape index (κ3) is 3.91. The summed E-state index contributed by atoms with van der Waals surface area (Å²) in [4.78, 5) is 27.5. The topological polar surface area (TPSA) is 86.0 Å². The number of hydrogen-bond donors (Lipinski definition) is 0. The smallest absolute Gasteiger partial charge is 0.266 e. The predicted octanol–water partition coefficient (Wildman–Crippen LogP) is 1.91. The number of nitrogens with zero attached hydrogens (tertiary/aromatic N) is 6. The first-order valence-electron chi connectivity index (χ1n) is 9.30. The van der Waals surface area contributed by atoms with E-state index in [-0.39, 0.29) is 11.6 Å². The summed E-state index contributed by atoms with van der Waals surface area (Å²) in [5, 5.41) is 4.58. The maximum Gasteiger partial charge on any atom is 0.266 e. The van der Waals surface area contributed by atoms with Crippen molar-refractivity contribution in [1.82, 2.24) is 24.7 Å². The fraction of sp³-hybridized carbons (Fsp3) is 0.350. The lowest BCUT2D eigenvalue weighted by Crippen LogP contribution is -2.37. The van der Waals surface area contributed by atoms with Crippen LogP contribution in [0.15, 0.2) is 53.7 Å². The Labute approximate surface area is 162 Å². The first-order chi connectivity index (χ1) is 13.7. The predicted molar refractivity (Wildman–Crippen MR) is 105 cm³/mol. The molecule has 4 rings (SSSR count). The van der Waals surface area contributed by atoms with Gasteiger partial charge in [0.2, 0.25) is 0 Å². The van der Waals surface area contributed by atoms with Gasteiger partial charge in [-0.05, 0) is 37.1 Å². The minimum atomic E-state index is -0.104. The average Bonchev–Trinajstić information content (AvgIpc) is 3.19. The van der Waals surface area contributed by atoms with Gasteiger partial charge >= 0.3 is 0 Å². The molecule has 144 valence electrons. The molecule has 0 N–H and O–H groups in total. The molecule has 4 heterocycles. The van der Waals surface area contributed by atoms with Crippen molar-refractivity contribution in [2.45, 2.75) is 32.0 Å². The Kier molecular flexibility index (Phi) is 5.38. The zero-order valence-electron chi connectivity index (χ0n) is 15.7. The number of aromatic nitrogens is 5. The SMILES string of the molecule is COCc1nccc(N2CCCC2Cn2nc(-c3ccncc3)ccc2=O)n1. The lowest BCUT2D eigenvalue weighted by molar-refractivity contribution is 0.178. The molecule has 0 aliphatic carbocycles. The summed E-state index contributed by atoms with van der Waals surface area (Å²) in [5.74, 6) is 1.52. The van der Waals surface area contributed by atoms with Crippen LogP contribution in [-0.2, 0) is 17.9 Å². The number of hydrogen-bond acceptors (Lipinski definition) is 7.